The molecule has 2 atom stereocenters. The second-order valence-corrected chi connectivity index (χ2v) is 13.6. The van der Waals surface area contributed by atoms with Gasteiger partial charge in [0.2, 0.25) is 5.91 Å². The summed E-state index contributed by atoms with van der Waals surface area (Å²) >= 11 is 0. The fraction of sp³-hybridized carbons (Fsp3) is 0.500. The first-order chi connectivity index (χ1) is 22.8. The predicted octanol–water partition coefficient (Wildman–Crippen LogP) is 3.14. The summed E-state index contributed by atoms with van der Waals surface area (Å²) in [6.07, 6.45) is 2.98. The smallest absolute Gasteiger partial charge is 0.345 e. The van der Waals surface area contributed by atoms with E-state index in [2.05, 4.69) is 16.4 Å². The third-order valence-electron chi connectivity index (χ3n) is 9.47. The molecule has 1 aromatic heterocycles. The largest absolute Gasteiger partial charge is 0.459 e. The molecule has 0 radical (unpaired) electrons. The monoisotopic (exact) mass is 655 g/mol. The summed E-state index contributed by atoms with van der Waals surface area (Å²) in [5.41, 5.74) is 3.58. The molecule has 2 aliphatic rings. The summed E-state index contributed by atoms with van der Waals surface area (Å²) < 4.78 is 7.25. The Kier molecular flexibility index (Phi) is 9.91. The van der Waals surface area contributed by atoms with Crippen molar-refractivity contribution in [3.05, 3.63) is 86.2 Å². The molecule has 0 spiro atoms. The summed E-state index contributed by atoms with van der Waals surface area (Å²) in [6.45, 7) is 6.41. The second kappa shape index (κ2) is 13.8. The summed E-state index contributed by atoms with van der Waals surface area (Å²) in [7, 11) is 6.85. The van der Waals surface area contributed by atoms with Crippen molar-refractivity contribution in [2.24, 2.45) is 0 Å². The molecule has 48 heavy (non-hydrogen) atoms. The second-order valence-electron chi connectivity index (χ2n) is 13.6. The van der Waals surface area contributed by atoms with E-state index in [9.17, 15) is 24.4 Å². The number of fused-ring (bicyclic) bond motifs is 2. The maximum absolute atomic E-state index is 13.2. The Morgan fingerprint density at radius 3 is 2.06 bits per heavy atom. The van der Waals surface area contributed by atoms with E-state index in [1.165, 1.54) is 9.80 Å². The van der Waals surface area contributed by atoms with Crippen molar-refractivity contribution in [2.75, 3.05) is 41.3 Å². The van der Waals surface area contributed by atoms with Gasteiger partial charge >= 0.3 is 5.76 Å². The molecule has 0 bridgehead atoms. The third-order valence-corrected chi connectivity index (χ3v) is 9.47. The van der Waals surface area contributed by atoms with Crippen LogP contribution in [0.1, 0.15) is 94.9 Å². The predicted molar refractivity (Wildman–Crippen MR) is 180 cm³/mol. The molecular formula is C36H45N7O5. The van der Waals surface area contributed by atoms with E-state index < -0.39 is 17.2 Å². The number of carbonyl (C=O) groups excluding carboxylic acids is 3. The highest BCUT2D eigenvalue weighted by atomic mass is 16.5. The van der Waals surface area contributed by atoms with Crippen LogP contribution in [-0.2, 0) is 23.1 Å². The number of nitrogens with one attached hydrogen (secondary N) is 1. The lowest BCUT2D eigenvalue weighted by molar-refractivity contribution is -0.130. The number of carbonyl (C=O) groups is 3. The van der Waals surface area contributed by atoms with Crippen molar-refractivity contribution in [1.82, 2.24) is 29.7 Å². The van der Waals surface area contributed by atoms with Gasteiger partial charge in [0, 0.05) is 51.9 Å². The number of aryl methyl sites for hydroxylation is 2. The van der Waals surface area contributed by atoms with Gasteiger partial charge in [-0.05, 0) is 99.4 Å². The van der Waals surface area contributed by atoms with E-state index in [4.69, 9.17) is 4.52 Å². The number of amides is 3. The molecule has 3 amide bonds. The summed E-state index contributed by atoms with van der Waals surface area (Å²) in [6, 6.07) is 12.6. The molecule has 5 rings (SSSR count). The van der Waals surface area contributed by atoms with Crippen LogP contribution in [0.15, 0.2) is 45.7 Å². The molecule has 0 unspecified atom stereocenters. The number of benzene rings is 2. The zero-order valence-electron chi connectivity index (χ0n) is 28.9. The van der Waals surface area contributed by atoms with Crippen LogP contribution in [-0.4, -0.2) is 95.5 Å². The standard InChI is InChI=1S/C36H45N7O5/c1-22(2)43-34(39-35(47)48-43)36(19-23(3)38-21-31(44)42-16-8-9-28(42)20-37)29-14-12-26(32(45)40(4)5)17-24(29)10-11-25-18-27(13-15-30(25)36)33(46)41(6)7/h12-15,17-18,22-23,28,38H,8-11,16,19,21H2,1-7H3/t23-,28-/m0/s1. The van der Waals surface area contributed by atoms with Crippen LogP contribution in [0.25, 0.3) is 0 Å². The molecule has 3 aromatic rings. The fourth-order valence-electron chi connectivity index (χ4n) is 7.19. The Balaban J connectivity index is 1.71. The van der Waals surface area contributed by atoms with Gasteiger partial charge in [-0.15, -0.1) is 0 Å². The third kappa shape index (κ3) is 6.39. The Morgan fingerprint density at radius 1 is 1.00 bits per heavy atom. The molecule has 1 saturated heterocycles. The van der Waals surface area contributed by atoms with Crippen LogP contribution >= 0.6 is 0 Å². The number of nitriles is 1. The summed E-state index contributed by atoms with van der Waals surface area (Å²) in [5, 5.41) is 12.9. The van der Waals surface area contributed by atoms with Crippen molar-refractivity contribution in [2.45, 2.75) is 76.4 Å². The van der Waals surface area contributed by atoms with Crippen molar-refractivity contribution < 1.29 is 18.9 Å². The quantitative estimate of drug-likeness (QED) is 0.370. The summed E-state index contributed by atoms with van der Waals surface area (Å²) in [5.74, 6) is -0.710. The number of likely N-dealkylation sites (tertiary alicyclic amines) is 1. The molecule has 2 heterocycles. The molecule has 254 valence electrons. The van der Waals surface area contributed by atoms with Crippen molar-refractivity contribution >= 4 is 17.7 Å². The first-order valence-electron chi connectivity index (χ1n) is 16.5. The number of nitrogens with zero attached hydrogens (tertiary/aromatic N) is 6. The summed E-state index contributed by atoms with van der Waals surface area (Å²) in [4.78, 5) is 61.7. The Labute approximate surface area is 281 Å². The molecule has 1 fully saturated rings. The number of hydrogen-bond donors (Lipinski definition) is 1. The maximum atomic E-state index is 13.2. The molecule has 12 nitrogen and oxygen atoms in total. The van der Waals surface area contributed by atoms with E-state index in [1.54, 1.807) is 50.0 Å². The average Bonchev–Trinajstić information content (AvgIpc) is 3.68. The highest BCUT2D eigenvalue weighted by Crippen LogP contribution is 2.48. The molecule has 1 N–H and O–H groups in total. The highest BCUT2D eigenvalue weighted by Gasteiger charge is 2.47. The molecule has 0 saturated carbocycles. The molecular weight excluding hydrogens is 610 g/mol. The first kappa shape index (κ1) is 34.6. The average molecular weight is 656 g/mol. The molecule has 1 aliphatic carbocycles. The zero-order valence-corrected chi connectivity index (χ0v) is 28.9. The van der Waals surface area contributed by atoms with Gasteiger partial charge in [-0.1, -0.05) is 12.1 Å². The van der Waals surface area contributed by atoms with E-state index in [0.29, 0.717) is 49.2 Å². The lowest BCUT2D eigenvalue weighted by Crippen LogP contribution is -2.46. The van der Waals surface area contributed by atoms with Crippen LogP contribution in [0, 0.1) is 11.3 Å². The molecule has 12 heteroatoms. The van der Waals surface area contributed by atoms with Crippen LogP contribution < -0.4 is 11.1 Å². The topological polar surface area (TPSA) is 145 Å². The fourth-order valence-corrected chi connectivity index (χ4v) is 7.19. The zero-order chi connectivity index (χ0) is 34.9. The van der Waals surface area contributed by atoms with E-state index in [-0.39, 0.29) is 36.3 Å². The van der Waals surface area contributed by atoms with E-state index in [1.807, 2.05) is 45.0 Å². The van der Waals surface area contributed by atoms with Gasteiger partial charge in [-0.25, -0.2) is 4.79 Å². The Morgan fingerprint density at radius 2 is 1.56 bits per heavy atom. The number of hydrogen-bond acceptors (Lipinski definition) is 8. The minimum absolute atomic E-state index is 0.0392. The van der Waals surface area contributed by atoms with Crippen LogP contribution in [0.3, 0.4) is 0 Å². The van der Waals surface area contributed by atoms with Crippen molar-refractivity contribution in [3.8, 4) is 6.07 Å². The van der Waals surface area contributed by atoms with Gasteiger partial charge < -0.3 is 24.5 Å². The van der Waals surface area contributed by atoms with Crippen LogP contribution in [0.2, 0.25) is 0 Å². The van der Waals surface area contributed by atoms with Gasteiger partial charge in [-0.3, -0.25) is 14.4 Å². The minimum Gasteiger partial charge on any atom is -0.345 e. The molecule has 1 aliphatic heterocycles. The SMILES string of the molecule is CC(C)n1oc(=O)nc1C1(C[C@H](C)NCC(=O)N2CCC[C@H]2C#N)c2ccc(C(=O)N(C)C)cc2CCc2cc(C(=O)N(C)C)ccc21. The van der Waals surface area contributed by atoms with Crippen LogP contribution in [0.4, 0.5) is 0 Å². The number of rotatable bonds is 9. The van der Waals surface area contributed by atoms with Gasteiger partial charge in [0.05, 0.1) is 24.1 Å². The van der Waals surface area contributed by atoms with Crippen molar-refractivity contribution in [3.63, 3.8) is 0 Å². The minimum atomic E-state index is -1.07. The lowest BCUT2D eigenvalue weighted by Gasteiger charge is -2.38. The molecule has 2 aromatic carbocycles. The maximum Gasteiger partial charge on any atom is 0.459 e. The van der Waals surface area contributed by atoms with Crippen LogP contribution in [0.5, 0.6) is 0 Å². The van der Waals surface area contributed by atoms with Crippen molar-refractivity contribution in [1.29, 1.82) is 5.26 Å². The Bertz CT molecular complexity index is 1740. The number of aromatic nitrogens is 2. The van der Waals surface area contributed by atoms with E-state index in [0.717, 1.165) is 28.7 Å². The van der Waals surface area contributed by atoms with Gasteiger partial charge in [0.15, 0.2) is 5.82 Å². The van der Waals surface area contributed by atoms with Gasteiger partial charge in [0.1, 0.15) is 6.04 Å². The van der Waals surface area contributed by atoms with Gasteiger partial charge in [0.25, 0.3) is 11.8 Å². The first-order valence-corrected chi connectivity index (χ1v) is 16.5. The van der Waals surface area contributed by atoms with Gasteiger partial charge in [-0.2, -0.15) is 15.0 Å². The Hall–Kier alpha value is -4.76. The lowest BCUT2D eigenvalue weighted by atomic mass is 9.67. The normalized spacial score (nSPS) is 17.2. The highest BCUT2D eigenvalue weighted by molar-refractivity contribution is 5.95. The van der Waals surface area contributed by atoms with E-state index >= 15 is 0 Å².